The molecule has 0 saturated carbocycles. The first-order valence-corrected chi connectivity index (χ1v) is 8.07. The lowest BCUT2D eigenvalue weighted by molar-refractivity contribution is 0.565. The predicted octanol–water partition coefficient (Wildman–Crippen LogP) is 2.43. The third kappa shape index (κ3) is 2.89. The fraction of sp³-hybridized carbons (Fsp3) is 0.400. The van der Waals surface area contributed by atoms with E-state index < -0.39 is 0 Å². The fourth-order valence-corrected chi connectivity index (χ4v) is 2.86. The smallest absolute Gasteiger partial charge is 0.347 e. The lowest BCUT2D eigenvalue weighted by atomic mass is 9.93. The van der Waals surface area contributed by atoms with Crippen molar-refractivity contribution in [3.63, 3.8) is 0 Å². The van der Waals surface area contributed by atoms with Gasteiger partial charge in [-0.25, -0.2) is 19.3 Å². The molecule has 0 aliphatic rings. The average Bonchev–Trinajstić information content (AvgIpc) is 3.08. The zero-order valence-electron chi connectivity index (χ0n) is 12.9. The van der Waals surface area contributed by atoms with Gasteiger partial charge in [0.05, 0.1) is 5.69 Å². The van der Waals surface area contributed by atoms with Crippen LogP contribution in [0.2, 0.25) is 0 Å². The first kappa shape index (κ1) is 14.8. The van der Waals surface area contributed by atoms with E-state index in [0.717, 1.165) is 18.7 Å². The van der Waals surface area contributed by atoms with E-state index >= 15 is 0 Å². The van der Waals surface area contributed by atoms with Gasteiger partial charge in [-0.2, -0.15) is 0 Å². The second-order valence-corrected chi connectivity index (χ2v) is 7.24. The molecule has 6 nitrogen and oxygen atoms in total. The molecule has 0 unspecified atom stereocenters. The molecule has 3 aromatic heterocycles. The molecule has 3 heterocycles. The van der Waals surface area contributed by atoms with Crippen LogP contribution in [0.5, 0.6) is 0 Å². The minimum atomic E-state index is -0.246. The number of aromatic amines is 1. The van der Waals surface area contributed by atoms with Gasteiger partial charge in [-0.3, -0.25) is 0 Å². The van der Waals surface area contributed by atoms with E-state index in [1.807, 2.05) is 6.07 Å². The first-order chi connectivity index (χ1) is 10.4. The third-order valence-corrected chi connectivity index (χ3v) is 4.35. The Balaban J connectivity index is 1.91. The number of hydrogen-bond acceptors (Lipinski definition) is 5. The highest BCUT2D eigenvalue weighted by atomic mass is 32.1. The van der Waals surface area contributed by atoms with Crippen molar-refractivity contribution in [3.05, 3.63) is 44.8 Å². The molecule has 0 aliphatic carbocycles. The quantitative estimate of drug-likeness (QED) is 0.775. The Labute approximate surface area is 132 Å². The molecule has 2 N–H and O–H groups in total. The summed E-state index contributed by atoms with van der Waals surface area (Å²) in [7, 11) is 0. The summed E-state index contributed by atoms with van der Waals surface area (Å²) >= 11 is 1.74. The molecule has 0 saturated heterocycles. The Hall–Kier alpha value is -2.15. The maximum absolute atomic E-state index is 11.9. The molecular formula is C15H19N5OS. The van der Waals surface area contributed by atoms with Crippen LogP contribution < -0.4 is 11.0 Å². The second kappa shape index (κ2) is 5.57. The number of aromatic nitrogens is 4. The van der Waals surface area contributed by atoms with Crippen LogP contribution in [0.4, 0.5) is 5.82 Å². The maximum atomic E-state index is 11.9. The molecule has 0 aromatic carbocycles. The van der Waals surface area contributed by atoms with Gasteiger partial charge in [-0.05, 0) is 17.9 Å². The van der Waals surface area contributed by atoms with Gasteiger partial charge in [0, 0.05) is 23.0 Å². The Bertz CT molecular complexity index is 826. The summed E-state index contributed by atoms with van der Waals surface area (Å²) in [4.78, 5) is 17.8. The molecule has 3 rings (SSSR count). The summed E-state index contributed by atoms with van der Waals surface area (Å²) < 4.78 is 1.51. The highest BCUT2D eigenvalue weighted by Gasteiger charge is 2.19. The number of nitrogens with one attached hydrogen (secondary N) is 2. The Morgan fingerprint density at radius 1 is 1.41 bits per heavy atom. The van der Waals surface area contributed by atoms with Crippen molar-refractivity contribution in [1.29, 1.82) is 0 Å². The van der Waals surface area contributed by atoms with Crippen molar-refractivity contribution in [2.45, 2.75) is 32.6 Å². The zero-order chi connectivity index (χ0) is 15.7. The van der Waals surface area contributed by atoms with Crippen molar-refractivity contribution < 1.29 is 0 Å². The highest BCUT2D eigenvalue weighted by Crippen LogP contribution is 2.22. The van der Waals surface area contributed by atoms with E-state index in [1.54, 1.807) is 17.5 Å². The van der Waals surface area contributed by atoms with Crippen LogP contribution in [0.25, 0.3) is 5.65 Å². The lowest BCUT2D eigenvalue weighted by Crippen LogP contribution is -2.20. The number of anilines is 1. The number of H-pyrrole nitrogens is 1. The van der Waals surface area contributed by atoms with E-state index in [-0.39, 0.29) is 11.1 Å². The van der Waals surface area contributed by atoms with Crippen molar-refractivity contribution in [3.8, 4) is 0 Å². The molecule has 0 radical (unpaired) electrons. The van der Waals surface area contributed by atoms with E-state index in [1.165, 1.54) is 9.28 Å². The molecular weight excluding hydrogens is 298 g/mol. The lowest BCUT2D eigenvalue weighted by Gasteiger charge is -2.19. The highest BCUT2D eigenvalue weighted by molar-refractivity contribution is 7.09. The van der Waals surface area contributed by atoms with Crippen molar-refractivity contribution in [2.24, 2.45) is 0 Å². The molecule has 0 spiro atoms. The second-order valence-electron chi connectivity index (χ2n) is 6.20. The van der Waals surface area contributed by atoms with Crippen molar-refractivity contribution >= 4 is 22.8 Å². The SMILES string of the molecule is CC(C)(C)c1cn2c(=O)[nH]nc2c(NCCc2cccs2)n1. The average molecular weight is 317 g/mol. The minimum Gasteiger partial charge on any atom is -0.367 e. The molecule has 0 aliphatic heterocycles. The number of hydrogen-bond donors (Lipinski definition) is 2. The summed E-state index contributed by atoms with van der Waals surface area (Å²) in [5, 5.41) is 11.9. The van der Waals surface area contributed by atoms with Gasteiger partial charge >= 0.3 is 5.69 Å². The molecule has 0 fully saturated rings. The van der Waals surface area contributed by atoms with Crippen molar-refractivity contribution in [2.75, 3.05) is 11.9 Å². The first-order valence-electron chi connectivity index (χ1n) is 7.19. The van der Waals surface area contributed by atoms with E-state index in [9.17, 15) is 4.79 Å². The van der Waals surface area contributed by atoms with Gasteiger partial charge < -0.3 is 5.32 Å². The molecule has 7 heteroatoms. The van der Waals surface area contributed by atoms with Crippen LogP contribution >= 0.6 is 11.3 Å². The molecule has 3 aromatic rings. The molecule has 22 heavy (non-hydrogen) atoms. The largest absolute Gasteiger partial charge is 0.367 e. The van der Waals surface area contributed by atoms with Gasteiger partial charge in [-0.15, -0.1) is 16.4 Å². The van der Waals surface area contributed by atoms with Crippen LogP contribution in [-0.2, 0) is 11.8 Å². The Morgan fingerprint density at radius 3 is 2.91 bits per heavy atom. The normalized spacial score (nSPS) is 12.0. The van der Waals surface area contributed by atoms with Crippen molar-refractivity contribution in [1.82, 2.24) is 19.6 Å². The van der Waals surface area contributed by atoms with Gasteiger partial charge in [0.2, 0.25) is 5.65 Å². The van der Waals surface area contributed by atoms with E-state index in [2.05, 4.69) is 52.7 Å². The Kier molecular flexibility index (Phi) is 3.74. The number of thiophene rings is 1. The summed E-state index contributed by atoms with van der Waals surface area (Å²) in [5.41, 5.74) is 0.991. The topological polar surface area (TPSA) is 75.1 Å². The third-order valence-electron chi connectivity index (χ3n) is 3.41. The predicted molar refractivity (Wildman–Crippen MR) is 88.8 cm³/mol. The van der Waals surface area contributed by atoms with Gasteiger partial charge in [0.25, 0.3) is 0 Å². The number of fused-ring (bicyclic) bond motifs is 1. The molecule has 116 valence electrons. The summed E-state index contributed by atoms with van der Waals surface area (Å²) in [6.07, 6.45) is 2.67. The maximum Gasteiger partial charge on any atom is 0.347 e. The standard InChI is InChI=1S/C15H19N5OS/c1-15(2,3)11-9-20-13(18-19-14(20)21)12(17-11)16-7-6-10-5-4-8-22-10/h4-5,8-9H,6-7H2,1-3H3,(H,16,17)(H,19,21). The zero-order valence-corrected chi connectivity index (χ0v) is 13.7. The summed E-state index contributed by atoms with van der Waals surface area (Å²) in [6, 6.07) is 4.16. The van der Waals surface area contributed by atoms with Gasteiger partial charge in [0.15, 0.2) is 5.82 Å². The molecule has 0 amide bonds. The molecule has 0 bridgehead atoms. The number of nitrogens with zero attached hydrogens (tertiary/aromatic N) is 3. The minimum absolute atomic E-state index is 0.144. The number of rotatable bonds is 4. The van der Waals surface area contributed by atoms with Crippen LogP contribution in [0, 0.1) is 0 Å². The van der Waals surface area contributed by atoms with E-state index in [4.69, 9.17) is 0 Å². The van der Waals surface area contributed by atoms with Crippen LogP contribution in [0.1, 0.15) is 31.3 Å². The summed E-state index contributed by atoms with van der Waals surface area (Å²) in [5.74, 6) is 0.641. The van der Waals surface area contributed by atoms with Gasteiger partial charge in [0.1, 0.15) is 0 Å². The van der Waals surface area contributed by atoms with Crippen LogP contribution in [-0.4, -0.2) is 26.1 Å². The van der Waals surface area contributed by atoms with Crippen LogP contribution in [0.15, 0.2) is 28.5 Å². The summed E-state index contributed by atoms with van der Waals surface area (Å²) in [6.45, 7) is 6.96. The Morgan fingerprint density at radius 2 is 2.23 bits per heavy atom. The van der Waals surface area contributed by atoms with Gasteiger partial charge in [-0.1, -0.05) is 26.8 Å². The molecule has 0 atom stereocenters. The van der Waals surface area contributed by atoms with E-state index in [0.29, 0.717) is 11.5 Å². The monoisotopic (exact) mass is 317 g/mol. The van der Waals surface area contributed by atoms with Crippen LogP contribution in [0.3, 0.4) is 0 Å². The fourth-order valence-electron chi connectivity index (χ4n) is 2.15.